The lowest BCUT2D eigenvalue weighted by Gasteiger charge is -2.11. The summed E-state index contributed by atoms with van der Waals surface area (Å²) < 4.78 is 43.8. The van der Waals surface area contributed by atoms with Crippen molar-refractivity contribution in [1.29, 1.82) is 0 Å². The lowest BCUT2D eigenvalue weighted by molar-refractivity contribution is -0.113. The van der Waals surface area contributed by atoms with Gasteiger partial charge in [-0.3, -0.25) is 4.79 Å². The van der Waals surface area contributed by atoms with Crippen molar-refractivity contribution < 1.29 is 22.7 Å². The molecule has 0 unspecified atom stereocenters. The predicted molar refractivity (Wildman–Crippen MR) is 91.5 cm³/mol. The number of amides is 1. The zero-order valence-corrected chi connectivity index (χ0v) is 14.4. The number of nitrogens with zero attached hydrogens (tertiary/aromatic N) is 4. The summed E-state index contributed by atoms with van der Waals surface area (Å²) in [6.07, 6.45) is 0. The van der Waals surface area contributed by atoms with E-state index in [4.69, 9.17) is 0 Å². The number of carbonyl (C=O) groups excluding carboxylic acids is 1. The van der Waals surface area contributed by atoms with Crippen LogP contribution in [0.3, 0.4) is 0 Å². The molecule has 1 N–H and O–H groups in total. The molecule has 0 saturated carbocycles. The average Bonchev–Trinajstić information content (AvgIpc) is 3.10. The van der Waals surface area contributed by atoms with E-state index in [9.17, 15) is 18.0 Å². The maximum absolute atomic E-state index is 13.4. The van der Waals surface area contributed by atoms with E-state index in [-0.39, 0.29) is 22.3 Å². The first-order valence-corrected chi connectivity index (χ1v) is 8.52. The van der Waals surface area contributed by atoms with Gasteiger partial charge in [-0.2, -0.15) is 13.5 Å². The monoisotopic (exact) mass is 395 g/mol. The molecule has 0 aliphatic carbocycles. The van der Waals surface area contributed by atoms with Gasteiger partial charge in [-0.15, -0.1) is 5.10 Å². The number of hydrogen-bond donors (Lipinski definition) is 1. The van der Waals surface area contributed by atoms with Crippen LogP contribution in [0.4, 0.5) is 18.9 Å². The number of aromatic nitrogens is 4. The zero-order valence-electron chi connectivity index (χ0n) is 13.6. The Morgan fingerprint density at radius 2 is 2.04 bits per heavy atom. The highest BCUT2D eigenvalue weighted by molar-refractivity contribution is 7.99. The van der Waals surface area contributed by atoms with E-state index in [0.717, 1.165) is 11.8 Å². The van der Waals surface area contributed by atoms with Crippen LogP contribution in [-0.4, -0.2) is 38.5 Å². The smallest absolute Gasteiger partial charge is 0.387 e. The summed E-state index contributed by atoms with van der Waals surface area (Å²) in [6.45, 7) is -3.01. The van der Waals surface area contributed by atoms with Crippen molar-refractivity contribution in [2.24, 2.45) is 0 Å². The Kier molecular flexibility index (Phi) is 5.91. The fraction of sp³-hybridized carbons (Fsp3) is 0.125. The van der Waals surface area contributed by atoms with Gasteiger partial charge in [0.2, 0.25) is 11.1 Å². The number of nitrogens with one attached hydrogen (secondary N) is 1. The molecule has 0 bridgehead atoms. The number of hydrogen-bond acceptors (Lipinski definition) is 6. The molecule has 3 aromatic rings. The zero-order chi connectivity index (χ0) is 19.2. The van der Waals surface area contributed by atoms with Gasteiger partial charge < -0.3 is 10.1 Å². The summed E-state index contributed by atoms with van der Waals surface area (Å²) >= 11 is 1.00. The van der Waals surface area contributed by atoms with Crippen LogP contribution in [0.5, 0.6) is 5.75 Å². The molecule has 11 heteroatoms. The van der Waals surface area contributed by atoms with Crippen molar-refractivity contribution in [3.8, 4) is 11.4 Å². The number of tetrazole rings is 1. The Morgan fingerprint density at radius 1 is 1.22 bits per heavy atom. The van der Waals surface area contributed by atoms with Gasteiger partial charge in [0.25, 0.3) is 0 Å². The molecule has 140 valence electrons. The molecular weight excluding hydrogens is 383 g/mol. The van der Waals surface area contributed by atoms with Crippen LogP contribution in [0.1, 0.15) is 0 Å². The highest BCUT2D eigenvalue weighted by Crippen LogP contribution is 2.26. The van der Waals surface area contributed by atoms with Crippen LogP contribution in [0.2, 0.25) is 0 Å². The summed E-state index contributed by atoms with van der Waals surface area (Å²) in [6, 6.07) is 11.5. The molecule has 1 aromatic heterocycles. The van der Waals surface area contributed by atoms with Gasteiger partial charge in [-0.05, 0) is 40.8 Å². The molecule has 1 amide bonds. The molecule has 0 saturated heterocycles. The molecule has 1 heterocycles. The van der Waals surface area contributed by atoms with Gasteiger partial charge in [-0.25, -0.2) is 4.39 Å². The first kappa shape index (κ1) is 18.7. The number of carbonyl (C=O) groups is 1. The standard InChI is InChI=1S/C16H12F3N5O2S/c17-10-4-3-5-11(8-10)24-16(21-22-23-24)27-9-14(25)20-12-6-1-2-7-13(12)26-15(18)19/h1-8,15H,9H2,(H,20,25). The van der Waals surface area contributed by atoms with E-state index >= 15 is 0 Å². The second-order valence-electron chi connectivity index (χ2n) is 5.06. The molecule has 0 atom stereocenters. The van der Waals surface area contributed by atoms with Crippen LogP contribution in [0.15, 0.2) is 53.7 Å². The lowest BCUT2D eigenvalue weighted by atomic mass is 10.3. The van der Waals surface area contributed by atoms with Gasteiger partial charge in [0.1, 0.15) is 11.6 Å². The molecule has 0 aliphatic rings. The van der Waals surface area contributed by atoms with Crippen molar-refractivity contribution in [1.82, 2.24) is 20.2 Å². The van der Waals surface area contributed by atoms with Crippen LogP contribution in [-0.2, 0) is 4.79 Å². The van der Waals surface area contributed by atoms with Gasteiger partial charge in [-0.1, -0.05) is 30.0 Å². The summed E-state index contributed by atoms with van der Waals surface area (Å²) in [5.74, 6) is -1.17. The second-order valence-corrected chi connectivity index (χ2v) is 6.01. The van der Waals surface area contributed by atoms with Gasteiger partial charge in [0.15, 0.2) is 0 Å². The fourth-order valence-electron chi connectivity index (χ4n) is 2.12. The van der Waals surface area contributed by atoms with E-state index < -0.39 is 18.3 Å². The minimum absolute atomic E-state index is 0.0985. The van der Waals surface area contributed by atoms with Crippen molar-refractivity contribution in [2.45, 2.75) is 11.8 Å². The minimum Gasteiger partial charge on any atom is -0.433 e. The number of anilines is 1. The van der Waals surface area contributed by atoms with E-state index in [1.165, 1.54) is 41.1 Å². The van der Waals surface area contributed by atoms with E-state index in [0.29, 0.717) is 5.69 Å². The number of ether oxygens (including phenoxy) is 1. The lowest BCUT2D eigenvalue weighted by Crippen LogP contribution is -2.16. The molecular formula is C16H12F3N5O2S. The van der Waals surface area contributed by atoms with Gasteiger partial charge in [0.05, 0.1) is 17.1 Å². The number of halogens is 3. The SMILES string of the molecule is O=C(CSc1nnnn1-c1cccc(F)c1)Nc1ccccc1OC(F)F. The Labute approximate surface area is 155 Å². The van der Waals surface area contributed by atoms with Crippen LogP contribution < -0.4 is 10.1 Å². The summed E-state index contributed by atoms with van der Waals surface area (Å²) in [4.78, 5) is 12.1. The molecule has 0 radical (unpaired) electrons. The normalized spacial score (nSPS) is 10.8. The van der Waals surface area contributed by atoms with E-state index in [1.807, 2.05) is 0 Å². The summed E-state index contributed by atoms with van der Waals surface area (Å²) in [7, 11) is 0. The van der Waals surface area contributed by atoms with Crippen LogP contribution in [0, 0.1) is 5.82 Å². The maximum atomic E-state index is 13.4. The van der Waals surface area contributed by atoms with Crippen molar-refractivity contribution in [3.63, 3.8) is 0 Å². The van der Waals surface area contributed by atoms with Crippen molar-refractivity contribution >= 4 is 23.4 Å². The first-order valence-electron chi connectivity index (χ1n) is 7.54. The number of benzene rings is 2. The van der Waals surface area contributed by atoms with E-state index in [1.54, 1.807) is 12.1 Å². The Bertz CT molecular complexity index is 938. The topological polar surface area (TPSA) is 81.9 Å². The van der Waals surface area contributed by atoms with Crippen LogP contribution >= 0.6 is 11.8 Å². The van der Waals surface area contributed by atoms with Crippen LogP contribution in [0.25, 0.3) is 5.69 Å². The molecule has 3 rings (SSSR count). The molecule has 27 heavy (non-hydrogen) atoms. The van der Waals surface area contributed by atoms with Crippen molar-refractivity contribution in [2.75, 3.05) is 11.1 Å². The average molecular weight is 395 g/mol. The first-order chi connectivity index (χ1) is 13.0. The largest absolute Gasteiger partial charge is 0.433 e. The van der Waals surface area contributed by atoms with Crippen molar-refractivity contribution in [3.05, 3.63) is 54.3 Å². The Hall–Kier alpha value is -3.08. The van der Waals surface area contributed by atoms with Gasteiger partial charge in [0, 0.05) is 0 Å². The third kappa shape index (κ3) is 4.97. The fourth-order valence-corrected chi connectivity index (χ4v) is 2.81. The number of rotatable bonds is 7. The molecule has 2 aromatic carbocycles. The minimum atomic E-state index is -3.01. The third-order valence-corrected chi connectivity index (χ3v) is 4.12. The second kappa shape index (κ2) is 8.54. The predicted octanol–water partition coefficient (Wildman–Crippen LogP) is 3.13. The quantitative estimate of drug-likeness (QED) is 0.619. The highest BCUT2D eigenvalue weighted by Gasteiger charge is 2.14. The molecule has 0 aliphatic heterocycles. The van der Waals surface area contributed by atoms with Gasteiger partial charge >= 0.3 is 6.61 Å². The molecule has 7 nitrogen and oxygen atoms in total. The Morgan fingerprint density at radius 3 is 2.81 bits per heavy atom. The number of alkyl halides is 2. The third-order valence-electron chi connectivity index (χ3n) is 3.20. The summed E-state index contributed by atoms with van der Waals surface area (Å²) in [5, 5.41) is 13.8. The number of thioether (sulfide) groups is 1. The number of para-hydroxylation sites is 2. The highest BCUT2D eigenvalue weighted by atomic mass is 32.2. The maximum Gasteiger partial charge on any atom is 0.387 e. The summed E-state index contributed by atoms with van der Waals surface area (Å²) in [5.41, 5.74) is 0.520. The Balaban J connectivity index is 1.65. The molecule has 0 fully saturated rings. The molecule has 0 spiro atoms. The van der Waals surface area contributed by atoms with E-state index in [2.05, 4.69) is 25.6 Å².